The molecule has 1 rings (SSSR count). The molecule has 158 valence electrons. The third kappa shape index (κ3) is 7.50. The number of nitrogens with zero attached hydrogens (tertiary/aromatic N) is 3. The van der Waals surface area contributed by atoms with Crippen molar-refractivity contribution in [2.45, 2.75) is 55.2 Å². The van der Waals surface area contributed by atoms with Crippen molar-refractivity contribution in [3.63, 3.8) is 0 Å². The van der Waals surface area contributed by atoms with E-state index in [1.807, 2.05) is 0 Å². The van der Waals surface area contributed by atoms with Crippen molar-refractivity contribution >= 4 is 52.6 Å². The lowest BCUT2D eigenvalue weighted by Crippen LogP contribution is -2.59. The van der Waals surface area contributed by atoms with Gasteiger partial charge >= 0.3 is 11.9 Å². The van der Waals surface area contributed by atoms with E-state index in [0.717, 1.165) is 6.92 Å². The Labute approximate surface area is 175 Å². The largest absolute Gasteiger partial charge is 0.463 e. The maximum atomic E-state index is 11.6. The van der Waals surface area contributed by atoms with Crippen LogP contribution in [0.15, 0.2) is 5.11 Å². The zero-order valence-electron chi connectivity index (χ0n) is 15.1. The first-order valence-electron chi connectivity index (χ1n) is 7.91. The quantitative estimate of drug-likeness (QED) is 0.0893. The van der Waals surface area contributed by atoms with Crippen molar-refractivity contribution in [1.29, 1.82) is 5.41 Å². The average molecular weight is 462 g/mol. The van der Waals surface area contributed by atoms with Crippen LogP contribution in [-0.4, -0.2) is 65.5 Å². The van der Waals surface area contributed by atoms with E-state index in [0.29, 0.717) is 0 Å². The van der Waals surface area contributed by atoms with Gasteiger partial charge in [-0.3, -0.25) is 15.0 Å². The monoisotopic (exact) mass is 460 g/mol. The predicted octanol–water partition coefficient (Wildman–Crippen LogP) is 2.65. The number of ether oxygens (including phenoxy) is 5. The number of carbonyl (C=O) groups is 2. The Morgan fingerprint density at radius 1 is 1.18 bits per heavy atom. The Morgan fingerprint density at radius 3 is 2.32 bits per heavy atom. The molecule has 0 aromatic heterocycles. The first kappa shape index (κ1) is 24.5. The SMILES string of the molecule is CC(=O)OCCO[C@H]1[C@H](N=[N+]=[N-])[C@@H](C)O[C@H](OC(=N)C(Cl)(Cl)Cl)[C@@H]1OC(C)=O. The zero-order valence-corrected chi connectivity index (χ0v) is 17.4. The van der Waals surface area contributed by atoms with Crippen molar-refractivity contribution in [1.82, 2.24) is 0 Å². The highest BCUT2D eigenvalue weighted by Crippen LogP contribution is 2.33. The molecule has 1 aliphatic rings. The van der Waals surface area contributed by atoms with Gasteiger partial charge in [-0.25, -0.2) is 0 Å². The second kappa shape index (κ2) is 10.9. The van der Waals surface area contributed by atoms with Gasteiger partial charge in [-0.15, -0.1) is 0 Å². The Bertz CT molecular complexity index is 639. The lowest BCUT2D eigenvalue weighted by molar-refractivity contribution is -0.260. The van der Waals surface area contributed by atoms with Crippen molar-refractivity contribution in [2.24, 2.45) is 5.11 Å². The number of nitrogens with one attached hydrogen (secondary N) is 1. The second-order valence-corrected chi connectivity index (χ2v) is 7.88. The van der Waals surface area contributed by atoms with E-state index < -0.39 is 52.3 Å². The van der Waals surface area contributed by atoms with Gasteiger partial charge in [0.15, 0.2) is 6.10 Å². The molecule has 0 aromatic carbocycles. The molecule has 0 unspecified atom stereocenters. The van der Waals surface area contributed by atoms with Crippen LogP contribution < -0.4 is 0 Å². The summed E-state index contributed by atoms with van der Waals surface area (Å²) in [7, 11) is 0. The van der Waals surface area contributed by atoms with Crippen LogP contribution in [0.1, 0.15) is 20.8 Å². The molecule has 0 saturated carbocycles. The summed E-state index contributed by atoms with van der Waals surface area (Å²) in [6, 6.07) is -0.923. The van der Waals surface area contributed by atoms with Crippen molar-refractivity contribution in [3.05, 3.63) is 10.4 Å². The second-order valence-electron chi connectivity index (χ2n) is 5.60. The fourth-order valence-corrected chi connectivity index (χ4v) is 2.49. The van der Waals surface area contributed by atoms with Gasteiger partial charge in [0, 0.05) is 18.8 Å². The van der Waals surface area contributed by atoms with E-state index in [1.165, 1.54) is 6.92 Å². The topological polar surface area (TPSA) is 153 Å². The van der Waals surface area contributed by atoms with Gasteiger partial charge in [0.25, 0.3) is 3.79 Å². The van der Waals surface area contributed by atoms with Crippen LogP contribution in [0.2, 0.25) is 0 Å². The molecule has 5 atom stereocenters. The van der Waals surface area contributed by atoms with Crippen LogP contribution in [0.5, 0.6) is 0 Å². The molecule has 0 aromatic rings. The molecule has 0 radical (unpaired) electrons. The third-order valence-corrected chi connectivity index (χ3v) is 3.95. The minimum Gasteiger partial charge on any atom is -0.463 e. The summed E-state index contributed by atoms with van der Waals surface area (Å²) >= 11 is 16.8. The van der Waals surface area contributed by atoms with Gasteiger partial charge in [0.2, 0.25) is 12.2 Å². The lowest BCUT2D eigenvalue weighted by atomic mass is 9.97. The molecule has 1 heterocycles. The van der Waals surface area contributed by atoms with Crippen LogP contribution >= 0.6 is 34.8 Å². The Balaban J connectivity index is 3.10. The number of carbonyl (C=O) groups excluding carboxylic acids is 2. The first-order chi connectivity index (χ1) is 13.0. The fraction of sp³-hybridized carbons (Fsp3) is 0.786. The molecular weight excluding hydrogens is 443 g/mol. The smallest absolute Gasteiger partial charge is 0.303 e. The van der Waals surface area contributed by atoms with Crippen LogP contribution in [0.4, 0.5) is 0 Å². The highest BCUT2D eigenvalue weighted by atomic mass is 35.6. The molecule has 1 saturated heterocycles. The Hall–Kier alpha value is -1.49. The molecule has 14 heteroatoms. The Kier molecular flexibility index (Phi) is 9.55. The molecular formula is C14H19Cl3N4O7. The standard InChI is InChI=1S/C14H19Cl3N4O7/c1-6-9(20-21-19)10(25-5-4-24-7(2)22)11(27-8(3)23)12(26-6)28-13(18)14(15,16)17/h6,9-12,18H,4-5H2,1-3H3/t6-,9-,10+,11-,12-/m1/s1. The van der Waals surface area contributed by atoms with E-state index >= 15 is 0 Å². The fourth-order valence-electron chi connectivity index (χ4n) is 2.36. The lowest BCUT2D eigenvalue weighted by Gasteiger charge is -2.43. The maximum absolute atomic E-state index is 11.6. The van der Waals surface area contributed by atoms with E-state index in [-0.39, 0.29) is 13.2 Å². The Morgan fingerprint density at radius 2 is 1.82 bits per heavy atom. The number of azide groups is 1. The average Bonchev–Trinajstić information content (AvgIpc) is 2.55. The van der Waals surface area contributed by atoms with E-state index in [1.54, 1.807) is 6.92 Å². The molecule has 1 aliphatic heterocycles. The number of esters is 2. The molecule has 0 bridgehead atoms. The summed E-state index contributed by atoms with van der Waals surface area (Å²) in [6.45, 7) is 3.73. The number of hydrogen-bond donors (Lipinski definition) is 1. The number of halogens is 3. The van der Waals surface area contributed by atoms with Gasteiger partial charge < -0.3 is 23.7 Å². The van der Waals surface area contributed by atoms with Gasteiger partial charge in [-0.2, -0.15) is 0 Å². The van der Waals surface area contributed by atoms with Crippen LogP contribution in [0, 0.1) is 5.41 Å². The van der Waals surface area contributed by atoms with Crippen LogP contribution in [0.3, 0.4) is 0 Å². The van der Waals surface area contributed by atoms with Gasteiger partial charge in [-0.05, 0) is 12.5 Å². The molecule has 1 N–H and O–H groups in total. The molecule has 0 spiro atoms. The summed E-state index contributed by atoms with van der Waals surface area (Å²) in [5, 5.41) is 11.3. The van der Waals surface area contributed by atoms with Crippen LogP contribution in [0.25, 0.3) is 10.4 Å². The summed E-state index contributed by atoms with van der Waals surface area (Å²) in [5.41, 5.74) is 8.84. The highest BCUT2D eigenvalue weighted by molar-refractivity contribution is 6.76. The van der Waals surface area contributed by atoms with E-state index in [2.05, 4.69) is 10.0 Å². The van der Waals surface area contributed by atoms with Crippen molar-refractivity contribution in [2.75, 3.05) is 13.2 Å². The number of hydrogen-bond acceptors (Lipinski definition) is 9. The molecule has 11 nitrogen and oxygen atoms in total. The minimum absolute atomic E-state index is 0.0909. The first-order valence-corrected chi connectivity index (χ1v) is 9.05. The van der Waals surface area contributed by atoms with E-state index in [4.69, 9.17) is 69.4 Å². The molecule has 0 aliphatic carbocycles. The van der Waals surface area contributed by atoms with Gasteiger partial charge in [0.1, 0.15) is 12.7 Å². The third-order valence-electron chi connectivity index (χ3n) is 3.44. The highest BCUT2D eigenvalue weighted by Gasteiger charge is 2.49. The normalized spacial score (nSPS) is 27.3. The zero-order chi connectivity index (χ0) is 21.5. The van der Waals surface area contributed by atoms with Crippen molar-refractivity contribution in [3.8, 4) is 0 Å². The molecule has 28 heavy (non-hydrogen) atoms. The number of alkyl halides is 3. The minimum atomic E-state index is -2.18. The van der Waals surface area contributed by atoms with Gasteiger partial charge in [-0.1, -0.05) is 39.9 Å². The molecule has 0 amide bonds. The van der Waals surface area contributed by atoms with Gasteiger partial charge in [0.05, 0.1) is 18.8 Å². The number of rotatable bonds is 7. The van der Waals surface area contributed by atoms with Crippen LogP contribution in [-0.2, 0) is 33.3 Å². The van der Waals surface area contributed by atoms with Crippen molar-refractivity contribution < 1.29 is 33.3 Å². The summed E-state index contributed by atoms with van der Waals surface area (Å²) < 4.78 is 24.2. The van der Waals surface area contributed by atoms with E-state index in [9.17, 15) is 9.59 Å². The summed E-state index contributed by atoms with van der Waals surface area (Å²) in [6.07, 6.45) is -4.47. The summed E-state index contributed by atoms with van der Waals surface area (Å²) in [4.78, 5) is 25.2. The predicted molar refractivity (Wildman–Crippen MR) is 98.3 cm³/mol. The maximum Gasteiger partial charge on any atom is 0.303 e. The molecule has 1 fully saturated rings. The summed E-state index contributed by atoms with van der Waals surface area (Å²) in [5.74, 6) is -2.00.